The zero-order valence-electron chi connectivity index (χ0n) is 18.5. The van der Waals surface area contributed by atoms with Gasteiger partial charge in [0.15, 0.2) is 11.5 Å². The molecule has 0 aliphatic carbocycles. The molecule has 0 atom stereocenters. The minimum Gasteiger partial charge on any atom is -0.491 e. The summed E-state index contributed by atoms with van der Waals surface area (Å²) in [4.78, 5) is 21.5. The number of carbonyl (C=O) groups is 1. The fourth-order valence-electron chi connectivity index (χ4n) is 3.61. The predicted molar refractivity (Wildman–Crippen MR) is 119 cm³/mol. The predicted octanol–water partition coefficient (Wildman–Crippen LogP) is 4.07. The van der Waals surface area contributed by atoms with Crippen molar-refractivity contribution in [3.8, 4) is 17.4 Å². The highest BCUT2D eigenvalue weighted by molar-refractivity contribution is 6.28. The third-order valence-electron chi connectivity index (χ3n) is 4.93. The molecule has 0 radical (unpaired) electrons. The van der Waals surface area contributed by atoms with Crippen LogP contribution in [0.25, 0.3) is 0 Å². The first-order valence-corrected chi connectivity index (χ1v) is 11.1. The summed E-state index contributed by atoms with van der Waals surface area (Å²) in [6, 6.07) is 5.23. The minimum absolute atomic E-state index is 0.00944. The Kier molecular flexibility index (Phi) is 8.46. The molecule has 3 rings (SSSR count). The number of rotatable bonds is 9. The van der Waals surface area contributed by atoms with E-state index >= 15 is 0 Å². The molecule has 0 bridgehead atoms. The normalized spacial score (nSPS) is 14.8. The van der Waals surface area contributed by atoms with Gasteiger partial charge in [-0.1, -0.05) is 0 Å². The second-order valence-corrected chi connectivity index (χ2v) is 7.76. The number of nitrogens with zero attached hydrogens (tertiary/aromatic N) is 3. The molecule has 0 saturated carbocycles. The smallest absolute Gasteiger partial charge is 0.309 e. The first-order valence-electron chi connectivity index (χ1n) is 10.7. The monoisotopic (exact) mass is 466 g/mol. The van der Waals surface area contributed by atoms with E-state index in [4.69, 9.17) is 25.8 Å². The maximum absolute atomic E-state index is 14.5. The lowest BCUT2D eigenvalue weighted by Crippen LogP contribution is -2.38. The molecule has 1 aromatic heterocycles. The van der Waals surface area contributed by atoms with Crippen LogP contribution in [0.4, 0.5) is 10.2 Å². The Morgan fingerprint density at radius 2 is 1.78 bits per heavy atom. The second-order valence-electron chi connectivity index (χ2n) is 7.42. The third-order valence-corrected chi connectivity index (χ3v) is 5.10. The van der Waals surface area contributed by atoms with Crippen LogP contribution < -0.4 is 19.5 Å². The van der Waals surface area contributed by atoms with Gasteiger partial charge in [-0.3, -0.25) is 9.69 Å². The molecule has 174 valence electrons. The Morgan fingerprint density at radius 3 is 2.34 bits per heavy atom. The number of ether oxygens (including phenoxy) is 3. The van der Waals surface area contributed by atoms with Crippen molar-refractivity contribution < 1.29 is 23.4 Å². The van der Waals surface area contributed by atoms with Gasteiger partial charge < -0.3 is 19.5 Å². The fourth-order valence-corrected chi connectivity index (χ4v) is 3.79. The highest BCUT2D eigenvalue weighted by Crippen LogP contribution is 2.30. The Hall–Kier alpha value is -2.65. The largest absolute Gasteiger partial charge is 0.491 e. The Balaban J connectivity index is 1.59. The van der Waals surface area contributed by atoms with Gasteiger partial charge in [0.2, 0.25) is 17.0 Å². The van der Waals surface area contributed by atoms with E-state index in [1.54, 1.807) is 18.2 Å². The van der Waals surface area contributed by atoms with Crippen molar-refractivity contribution in [2.24, 2.45) is 0 Å². The van der Waals surface area contributed by atoms with Crippen LogP contribution in [-0.2, 0) is 11.3 Å². The molecule has 2 aromatic rings. The number of hydrogen-bond donors (Lipinski definition) is 1. The van der Waals surface area contributed by atoms with Gasteiger partial charge in [0.1, 0.15) is 5.82 Å². The van der Waals surface area contributed by atoms with Crippen molar-refractivity contribution in [3.63, 3.8) is 0 Å². The molecule has 1 N–H and O–H groups in total. The molecule has 1 fully saturated rings. The molecule has 2 heterocycles. The number of benzene rings is 1. The lowest BCUT2D eigenvalue weighted by molar-refractivity contribution is -0.132. The number of esters is 1. The maximum atomic E-state index is 14.5. The Morgan fingerprint density at radius 1 is 1.16 bits per heavy atom. The van der Waals surface area contributed by atoms with Gasteiger partial charge in [-0.2, -0.15) is 9.37 Å². The fraction of sp³-hybridized carbons (Fsp3) is 0.500. The summed E-state index contributed by atoms with van der Waals surface area (Å²) in [5.74, 6) is 0.130. The number of aromatic nitrogens is 2. The van der Waals surface area contributed by atoms with E-state index in [0.717, 1.165) is 31.5 Å². The average molecular weight is 467 g/mol. The van der Waals surface area contributed by atoms with E-state index in [2.05, 4.69) is 20.2 Å². The summed E-state index contributed by atoms with van der Waals surface area (Å²) < 4.78 is 30.4. The molecule has 8 nitrogen and oxygen atoms in total. The molecule has 1 saturated heterocycles. The standard InChI is InChI=1S/C22H28ClFN4O4/c1-4-30-17-10-15(11-18(21(17)24)31-5-2)13-28-8-6-16(7-9-28)25-19-12-20(32-14(3)29)27-22(23)26-19/h10-12,16H,4-9,13H2,1-3H3,(H,25,26,27). The van der Waals surface area contributed by atoms with Crippen LogP contribution in [0.3, 0.4) is 0 Å². The summed E-state index contributed by atoms with van der Waals surface area (Å²) in [7, 11) is 0. The number of halogens is 2. The number of piperidine rings is 1. The van der Waals surface area contributed by atoms with Crippen LogP contribution >= 0.6 is 11.6 Å². The Labute approximate surface area is 192 Å². The molecule has 0 amide bonds. The van der Waals surface area contributed by atoms with Crippen molar-refractivity contribution in [3.05, 3.63) is 34.9 Å². The lowest BCUT2D eigenvalue weighted by Gasteiger charge is -2.32. The number of likely N-dealkylation sites (tertiary alicyclic amines) is 1. The molecule has 1 aliphatic rings. The van der Waals surface area contributed by atoms with Gasteiger partial charge in [0.25, 0.3) is 0 Å². The summed E-state index contributed by atoms with van der Waals surface area (Å²) in [6.07, 6.45) is 1.75. The molecule has 1 aliphatic heterocycles. The SMILES string of the molecule is CCOc1cc(CN2CCC(Nc3cc(OC(C)=O)nc(Cl)n3)CC2)cc(OCC)c1F. The first-order chi connectivity index (χ1) is 15.4. The van der Waals surface area contributed by atoms with E-state index in [0.29, 0.717) is 25.6 Å². The molecule has 0 spiro atoms. The van der Waals surface area contributed by atoms with E-state index in [1.807, 2.05) is 13.8 Å². The zero-order valence-corrected chi connectivity index (χ0v) is 19.2. The lowest BCUT2D eigenvalue weighted by atomic mass is 10.0. The molecular formula is C22H28ClFN4O4. The highest BCUT2D eigenvalue weighted by atomic mass is 35.5. The van der Waals surface area contributed by atoms with Crippen molar-refractivity contribution >= 4 is 23.4 Å². The van der Waals surface area contributed by atoms with E-state index in [9.17, 15) is 9.18 Å². The summed E-state index contributed by atoms with van der Waals surface area (Å²) in [5.41, 5.74) is 0.943. The van der Waals surface area contributed by atoms with Crippen LogP contribution in [0.5, 0.6) is 17.4 Å². The van der Waals surface area contributed by atoms with Crippen molar-refractivity contribution in [2.45, 2.75) is 46.2 Å². The van der Waals surface area contributed by atoms with E-state index in [1.165, 1.54) is 6.92 Å². The third kappa shape index (κ3) is 6.67. The number of hydrogen-bond acceptors (Lipinski definition) is 8. The molecule has 0 unspecified atom stereocenters. The van der Waals surface area contributed by atoms with Crippen LogP contribution in [0.15, 0.2) is 18.2 Å². The average Bonchev–Trinajstić information content (AvgIpc) is 2.72. The van der Waals surface area contributed by atoms with Gasteiger partial charge in [0.05, 0.1) is 13.2 Å². The number of anilines is 1. The van der Waals surface area contributed by atoms with Crippen LogP contribution in [0.2, 0.25) is 5.28 Å². The zero-order chi connectivity index (χ0) is 23.1. The molecule has 32 heavy (non-hydrogen) atoms. The molecule has 1 aromatic carbocycles. The highest BCUT2D eigenvalue weighted by Gasteiger charge is 2.21. The summed E-state index contributed by atoms with van der Waals surface area (Å²) >= 11 is 5.94. The molecular weight excluding hydrogens is 439 g/mol. The topological polar surface area (TPSA) is 85.8 Å². The number of carbonyl (C=O) groups excluding carboxylic acids is 1. The minimum atomic E-state index is -0.472. The van der Waals surface area contributed by atoms with Crippen LogP contribution in [-0.4, -0.2) is 53.2 Å². The van der Waals surface area contributed by atoms with Crippen molar-refractivity contribution in [1.29, 1.82) is 0 Å². The van der Waals surface area contributed by atoms with Gasteiger partial charge in [0, 0.05) is 38.7 Å². The first kappa shape index (κ1) is 24.0. The van der Waals surface area contributed by atoms with Crippen LogP contribution in [0, 0.1) is 5.82 Å². The van der Waals surface area contributed by atoms with E-state index < -0.39 is 11.8 Å². The molecule has 10 heteroatoms. The quantitative estimate of drug-likeness (QED) is 0.437. The van der Waals surface area contributed by atoms with E-state index in [-0.39, 0.29) is 28.7 Å². The van der Waals surface area contributed by atoms with Gasteiger partial charge >= 0.3 is 5.97 Å². The Bertz CT molecular complexity index is 911. The van der Waals surface area contributed by atoms with Crippen molar-refractivity contribution in [1.82, 2.24) is 14.9 Å². The maximum Gasteiger partial charge on any atom is 0.309 e. The van der Waals surface area contributed by atoms with Gasteiger partial charge in [-0.15, -0.1) is 0 Å². The second kappa shape index (κ2) is 11.3. The van der Waals surface area contributed by atoms with Gasteiger partial charge in [-0.05, 0) is 56.0 Å². The van der Waals surface area contributed by atoms with Crippen molar-refractivity contribution in [2.75, 3.05) is 31.6 Å². The summed E-state index contributed by atoms with van der Waals surface area (Å²) in [6.45, 7) is 8.08. The van der Waals surface area contributed by atoms with Crippen LogP contribution in [0.1, 0.15) is 39.2 Å². The van der Waals surface area contributed by atoms with Gasteiger partial charge in [-0.25, -0.2) is 4.98 Å². The summed E-state index contributed by atoms with van der Waals surface area (Å²) in [5, 5.41) is 3.35. The number of nitrogens with one attached hydrogen (secondary N) is 1.